The van der Waals surface area contributed by atoms with Crippen molar-refractivity contribution in [2.45, 2.75) is 31.7 Å². The van der Waals surface area contributed by atoms with Gasteiger partial charge in [0.05, 0.1) is 10.7 Å². The second-order valence-corrected chi connectivity index (χ2v) is 8.05. The van der Waals surface area contributed by atoms with E-state index in [1.165, 1.54) is 17.8 Å². The van der Waals surface area contributed by atoms with E-state index in [9.17, 15) is 4.79 Å². The highest BCUT2D eigenvalue weighted by Gasteiger charge is 2.29. The van der Waals surface area contributed by atoms with Crippen molar-refractivity contribution in [2.75, 3.05) is 20.3 Å². The fourth-order valence-electron chi connectivity index (χ4n) is 3.71. The predicted octanol–water partition coefficient (Wildman–Crippen LogP) is 4.75. The van der Waals surface area contributed by atoms with Crippen LogP contribution in [0.4, 0.5) is 0 Å². The van der Waals surface area contributed by atoms with Gasteiger partial charge in [-0.25, -0.2) is 4.98 Å². The van der Waals surface area contributed by atoms with Crippen molar-refractivity contribution in [2.24, 2.45) is 0 Å². The van der Waals surface area contributed by atoms with E-state index < -0.39 is 0 Å². The van der Waals surface area contributed by atoms with Gasteiger partial charge in [-0.2, -0.15) is 0 Å². The van der Waals surface area contributed by atoms with Crippen molar-refractivity contribution >= 4 is 33.8 Å². The summed E-state index contributed by atoms with van der Waals surface area (Å²) in [6.07, 6.45) is 6.05. The van der Waals surface area contributed by atoms with Crippen LogP contribution >= 0.6 is 22.9 Å². The third-order valence-electron chi connectivity index (χ3n) is 5.12. The highest BCUT2D eigenvalue weighted by Crippen LogP contribution is 2.30. The van der Waals surface area contributed by atoms with E-state index in [1.807, 2.05) is 45.1 Å². The van der Waals surface area contributed by atoms with Crippen LogP contribution in [0.5, 0.6) is 0 Å². The molecule has 0 unspecified atom stereocenters. The highest BCUT2D eigenvalue weighted by atomic mass is 35.5. The lowest BCUT2D eigenvalue weighted by molar-refractivity contribution is 0.0546. The molecule has 0 aliphatic carbocycles. The first kappa shape index (κ1) is 18.5. The molecule has 0 radical (unpaired) electrons. The van der Waals surface area contributed by atoms with Gasteiger partial charge in [-0.05, 0) is 31.7 Å². The Kier molecular flexibility index (Phi) is 5.48. The van der Waals surface area contributed by atoms with E-state index in [0.717, 1.165) is 42.0 Å². The maximum absolute atomic E-state index is 13.3. The molecule has 142 valence electrons. The van der Waals surface area contributed by atoms with Crippen LogP contribution in [0, 0.1) is 0 Å². The Morgan fingerprint density at radius 3 is 3.04 bits per heavy atom. The van der Waals surface area contributed by atoms with Gasteiger partial charge in [0.15, 0.2) is 4.96 Å². The van der Waals surface area contributed by atoms with Gasteiger partial charge in [0, 0.05) is 43.4 Å². The Morgan fingerprint density at radius 2 is 2.22 bits per heavy atom. The molecule has 7 heteroatoms. The minimum Gasteiger partial charge on any atom is -0.385 e. The number of aromatic nitrogens is 2. The number of carbonyl (C=O) groups is 1. The van der Waals surface area contributed by atoms with E-state index in [0.29, 0.717) is 17.3 Å². The van der Waals surface area contributed by atoms with Gasteiger partial charge in [0.2, 0.25) is 0 Å². The van der Waals surface area contributed by atoms with Crippen LogP contribution in [0.2, 0.25) is 5.02 Å². The van der Waals surface area contributed by atoms with Gasteiger partial charge in [-0.3, -0.25) is 9.20 Å². The monoisotopic (exact) mass is 403 g/mol. The lowest BCUT2D eigenvalue weighted by Crippen LogP contribution is -2.44. The number of hydrogen-bond acceptors (Lipinski definition) is 4. The van der Waals surface area contributed by atoms with Gasteiger partial charge >= 0.3 is 0 Å². The van der Waals surface area contributed by atoms with Crippen LogP contribution in [0.1, 0.15) is 36.2 Å². The normalized spacial score (nSPS) is 17.6. The fraction of sp³-hybridized carbons (Fsp3) is 0.400. The maximum atomic E-state index is 13.3. The lowest BCUT2D eigenvalue weighted by Gasteiger charge is -2.35. The quantitative estimate of drug-likeness (QED) is 0.617. The van der Waals surface area contributed by atoms with Crippen molar-refractivity contribution in [3.8, 4) is 11.3 Å². The molecule has 27 heavy (non-hydrogen) atoms. The van der Waals surface area contributed by atoms with E-state index in [1.54, 1.807) is 7.11 Å². The Hall–Kier alpha value is -1.89. The van der Waals surface area contributed by atoms with Gasteiger partial charge in [0.1, 0.15) is 5.69 Å². The summed E-state index contributed by atoms with van der Waals surface area (Å²) in [4.78, 5) is 20.8. The number of methoxy groups -OCH3 is 1. The van der Waals surface area contributed by atoms with Crippen LogP contribution in [-0.2, 0) is 4.74 Å². The predicted molar refractivity (Wildman–Crippen MR) is 109 cm³/mol. The SMILES string of the molecule is COCC[C@@H]1CCCCN1C(=O)c1csc2nc(-c3ccccc3Cl)cn12. The molecule has 2 aromatic heterocycles. The molecule has 1 aliphatic rings. The smallest absolute Gasteiger partial charge is 0.271 e. The summed E-state index contributed by atoms with van der Waals surface area (Å²) in [6, 6.07) is 7.88. The molecule has 1 aromatic carbocycles. The first-order valence-corrected chi connectivity index (χ1v) is 10.5. The molecule has 0 N–H and O–H groups in total. The number of nitrogens with zero attached hydrogens (tertiary/aromatic N) is 3. The Morgan fingerprint density at radius 1 is 1.37 bits per heavy atom. The first-order valence-electron chi connectivity index (χ1n) is 9.20. The molecular formula is C20H22ClN3O2S. The lowest BCUT2D eigenvalue weighted by atomic mass is 9.99. The van der Waals surface area contributed by atoms with Crippen molar-refractivity contribution < 1.29 is 9.53 Å². The van der Waals surface area contributed by atoms with Crippen LogP contribution in [-0.4, -0.2) is 46.5 Å². The molecule has 3 aromatic rings. The van der Waals surface area contributed by atoms with Gasteiger partial charge in [-0.15, -0.1) is 11.3 Å². The minimum atomic E-state index is 0.0742. The van der Waals surface area contributed by atoms with Gasteiger partial charge < -0.3 is 9.64 Å². The minimum absolute atomic E-state index is 0.0742. The molecule has 1 aliphatic heterocycles. The number of thiazole rings is 1. The van der Waals surface area contributed by atoms with Crippen LogP contribution in [0.25, 0.3) is 16.2 Å². The fourth-order valence-corrected chi connectivity index (χ4v) is 4.79. The van der Waals surface area contributed by atoms with E-state index in [4.69, 9.17) is 16.3 Å². The highest BCUT2D eigenvalue weighted by molar-refractivity contribution is 7.15. The molecule has 1 atom stereocenters. The van der Waals surface area contributed by atoms with Crippen molar-refractivity contribution in [1.82, 2.24) is 14.3 Å². The summed E-state index contributed by atoms with van der Waals surface area (Å²) in [5.74, 6) is 0.0742. The number of imidazole rings is 1. The summed E-state index contributed by atoms with van der Waals surface area (Å²) >= 11 is 7.80. The third kappa shape index (κ3) is 3.61. The molecule has 1 amide bonds. The summed E-state index contributed by atoms with van der Waals surface area (Å²) in [7, 11) is 1.71. The topological polar surface area (TPSA) is 46.8 Å². The number of piperidine rings is 1. The van der Waals surface area contributed by atoms with Crippen LogP contribution < -0.4 is 0 Å². The number of benzene rings is 1. The first-order chi connectivity index (χ1) is 13.2. The Balaban J connectivity index is 1.65. The van der Waals surface area contributed by atoms with E-state index in [2.05, 4.69) is 4.98 Å². The second-order valence-electron chi connectivity index (χ2n) is 6.81. The Bertz CT molecular complexity index is 952. The van der Waals surface area contributed by atoms with Gasteiger partial charge in [0.25, 0.3) is 5.91 Å². The largest absolute Gasteiger partial charge is 0.385 e. The number of rotatable bonds is 5. The molecular weight excluding hydrogens is 382 g/mol. The number of halogens is 1. The molecule has 4 rings (SSSR count). The molecule has 3 heterocycles. The summed E-state index contributed by atoms with van der Waals surface area (Å²) in [6.45, 7) is 1.48. The molecule has 1 saturated heterocycles. The zero-order valence-corrected chi connectivity index (χ0v) is 16.8. The van der Waals surface area contributed by atoms with E-state index in [-0.39, 0.29) is 11.9 Å². The number of ether oxygens (including phenoxy) is 1. The molecule has 0 spiro atoms. The standard InChI is InChI=1S/C20H22ClN3O2S/c1-26-11-9-14-6-4-5-10-23(14)19(25)18-13-27-20-22-17(12-24(18)20)15-7-2-3-8-16(15)21/h2-3,7-8,12-14H,4-6,9-11H2,1H3/t14-/m0/s1. The number of amides is 1. The summed E-state index contributed by atoms with van der Waals surface area (Å²) in [5.41, 5.74) is 2.34. The van der Waals surface area contributed by atoms with Crippen LogP contribution in [0.3, 0.4) is 0 Å². The van der Waals surface area contributed by atoms with Crippen molar-refractivity contribution in [3.05, 3.63) is 46.6 Å². The number of fused-ring (bicyclic) bond motifs is 1. The van der Waals surface area contributed by atoms with Gasteiger partial charge in [-0.1, -0.05) is 29.8 Å². The third-order valence-corrected chi connectivity index (χ3v) is 6.29. The van der Waals surface area contributed by atoms with Crippen LogP contribution in [0.15, 0.2) is 35.8 Å². The maximum Gasteiger partial charge on any atom is 0.271 e. The van der Waals surface area contributed by atoms with Crippen molar-refractivity contribution in [1.29, 1.82) is 0 Å². The zero-order valence-electron chi connectivity index (χ0n) is 15.2. The number of likely N-dealkylation sites (tertiary alicyclic amines) is 1. The second kappa shape index (κ2) is 8.00. The van der Waals surface area contributed by atoms with E-state index >= 15 is 0 Å². The molecule has 0 saturated carbocycles. The zero-order chi connectivity index (χ0) is 18.8. The average Bonchev–Trinajstić information content (AvgIpc) is 3.27. The summed E-state index contributed by atoms with van der Waals surface area (Å²) < 4.78 is 7.13. The number of carbonyl (C=O) groups excluding carboxylic acids is 1. The molecule has 1 fully saturated rings. The molecule has 5 nitrogen and oxygen atoms in total. The number of hydrogen-bond donors (Lipinski definition) is 0. The molecule has 0 bridgehead atoms. The Labute approximate surface area is 167 Å². The average molecular weight is 404 g/mol. The van der Waals surface area contributed by atoms with Crippen molar-refractivity contribution in [3.63, 3.8) is 0 Å². The summed E-state index contributed by atoms with van der Waals surface area (Å²) in [5, 5.41) is 2.56.